The summed E-state index contributed by atoms with van der Waals surface area (Å²) in [6.45, 7) is 6.27. The van der Waals surface area contributed by atoms with Gasteiger partial charge >= 0.3 is 0 Å². The molecule has 1 N–H and O–H groups in total. The fraction of sp³-hybridized carbons (Fsp3) is 0.500. The molecule has 1 aliphatic rings. The van der Waals surface area contributed by atoms with E-state index in [4.69, 9.17) is 4.74 Å². The molecule has 0 bridgehead atoms. The van der Waals surface area contributed by atoms with Gasteiger partial charge in [0.15, 0.2) is 0 Å². The number of nitrogens with one attached hydrogen (secondary N) is 1. The molecule has 118 valence electrons. The average molecular weight is 302 g/mol. The molecule has 0 unspecified atom stereocenters. The highest BCUT2D eigenvalue weighted by Gasteiger charge is 2.12. The molecule has 3 rings (SSSR count). The molecule has 0 spiro atoms. The molecule has 1 aromatic carbocycles. The molecule has 1 aliphatic heterocycles. The topological polar surface area (TPSA) is 61.5 Å². The smallest absolute Gasteiger partial charge is 0.258 e. The van der Waals surface area contributed by atoms with Gasteiger partial charge in [0.05, 0.1) is 23.8 Å². The van der Waals surface area contributed by atoms with Gasteiger partial charge in [-0.05, 0) is 31.7 Å². The summed E-state index contributed by atoms with van der Waals surface area (Å²) < 4.78 is 5.76. The summed E-state index contributed by atoms with van der Waals surface area (Å²) in [5.41, 5.74) is 0.557. The number of ether oxygens (including phenoxy) is 1. The maximum Gasteiger partial charge on any atom is 0.258 e. The van der Waals surface area contributed by atoms with Gasteiger partial charge in [0.2, 0.25) is 0 Å². The largest absolute Gasteiger partial charge is 0.494 e. The lowest BCUT2D eigenvalue weighted by molar-refractivity contribution is 0.145. The van der Waals surface area contributed by atoms with Gasteiger partial charge in [0, 0.05) is 32.7 Å². The Morgan fingerprint density at radius 3 is 2.91 bits per heavy atom. The Morgan fingerprint density at radius 2 is 2.09 bits per heavy atom. The van der Waals surface area contributed by atoms with Gasteiger partial charge < -0.3 is 19.5 Å². The molecule has 1 fully saturated rings. The minimum atomic E-state index is -0.132. The number of aromatic nitrogens is 2. The van der Waals surface area contributed by atoms with E-state index in [2.05, 4.69) is 26.8 Å². The van der Waals surface area contributed by atoms with Crippen molar-refractivity contribution < 1.29 is 4.74 Å². The third-order valence-corrected chi connectivity index (χ3v) is 4.10. The number of aromatic amines is 1. The molecule has 0 radical (unpaired) electrons. The van der Waals surface area contributed by atoms with E-state index in [1.54, 1.807) is 6.07 Å². The lowest BCUT2D eigenvalue weighted by Crippen LogP contribution is -2.44. The molecule has 6 heteroatoms. The Bertz CT molecular complexity index is 677. The van der Waals surface area contributed by atoms with Crippen LogP contribution in [0, 0.1) is 0 Å². The second-order valence-corrected chi connectivity index (χ2v) is 5.76. The van der Waals surface area contributed by atoms with E-state index in [1.807, 2.05) is 12.1 Å². The van der Waals surface area contributed by atoms with E-state index >= 15 is 0 Å². The summed E-state index contributed by atoms with van der Waals surface area (Å²) in [6, 6.07) is 5.45. The predicted molar refractivity (Wildman–Crippen MR) is 86.4 cm³/mol. The fourth-order valence-electron chi connectivity index (χ4n) is 2.69. The van der Waals surface area contributed by atoms with Crippen LogP contribution in [0.5, 0.6) is 5.75 Å². The molecular formula is C16H22N4O2. The van der Waals surface area contributed by atoms with Gasteiger partial charge in [0.25, 0.3) is 5.56 Å². The standard InChI is InChI=1S/C16H22N4O2/c1-19-6-8-20(9-7-19)5-2-10-22-13-3-4-15-14(11-13)16(21)18-12-17-15/h3-4,11-12H,2,5-10H2,1H3,(H,17,18,21). The van der Waals surface area contributed by atoms with Crippen molar-refractivity contribution in [2.75, 3.05) is 46.4 Å². The lowest BCUT2D eigenvalue weighted by Gasteiger charge is -2.32. The number of likely N-dealkylation sites (N-methyl/N-ethyl adjacent to an activating group) is 1. The van der Waals surface area contributed by atoms with Crippen molar-refractivity contribution in [3.8, 4) is 5.75 Å². The highest BCUT2D eigenvalue weighted by Crippen LogP contribution is 2.16. The summed E-state index contributed by atoms with van der Waals surface area (Å²) in [4.78, 5) is 23.3. The molecule has 0 amide bonds. The molecule has 2 heterocycles. The van der Waals surface area contributed by atoms with Crippen LogP contribution in [0.2, 0.25) is 0 Å². The zero-order chi connectivity index (χ0) is 15.4. The number of benzene rings is 1. The summed E-state index contributed by atoms with van der Waals surface area (Å²) in [6.07, 6.45) is 2.41. The molecule has 1 aromatic heterocycles. The Kier molecular flexibility index (Phi) is 4.70. The van der Waals surface area contributed by atoms with Crippen LogP contribution in [-0.2, 0) is 0 Å². The monoisotopic (exact) mass is 302 g/mol. The van der Waals surface area contributed by atoms with Crippen LogP contribution in [0.15, 0.2) is 29.3 Å². The van der Waals surface area contributed by atoms with Gasteiger partial charge in [-0.15, -0.1) is 0 Å². The zero-order valence-corrected chi connectivity index (χ0v) is 12.9. The number of piperazine rings is 1. The first kappa shape index (κ1) is 15.0. The molecule has 6 nitrogen and oxygen atoms in total. The highest BCUT2D eigenvalue weighted by molar-refractivity contribution is 5.78. The summed E-state index contributed by atoms with van der Waals surface area (Å²) in [5, 5.41) is 0.569. The van der Waals surface area contributed by atoms with Gasteiger partial charge in [0.1, 0.15) is 5.75 Å². The van der Waals surface area contributed by atoms with E-state index in [0.29, 0.717) is 17.5 Å². The van der Waals surface area contributed by atoms with Crippen molar-refractivity contribution >= 4 is 10.9 Å². The van der Waals surface area contributed by atoms with E-state index in [1.165, 1.54) is 6.33 Å². The SMILES string of the molecule is CN1CCN(CCCOc2ccc3nc[nH]c(=O)c3c2)CC1. The normalized spacial score (nSPS) is 17.0. The second kappa shape index (κ2) is 6.89. The number of hydrogen-bond donors (Lipinski definition) is 1. The van der Waals surface area contributed by atoms with Crippen molar-refractivity contribution in [2.24, 2.45) is 0 Å². The average Bonchev–Trinajstić information content (AvgIpc) is 2.54. The van der Waals surface area contributed by atoms with Crippen molar-refractivity contribution in [3.05, 3.63) is 34.9 Å². The molecular weight excluding hydrogens is 280 g/mol. The molecule has 0 saturated carbocycles. The van der Waals surface area contributed by atoms with Gasteiger partial charge in [-0.25, -0.2) is 4.98 Å². The first-order chi connectivity index (χ1) is 10.7. The third-order valence-electron chi connectivity index (χ3n) is 4.10. The Hall–Kier alpha value is -1.92. The molecule has 2 aromatic rings. The van der Waals surface area contributed by atoms with Crippen LogP contribution in [0.3, 0.4) is 0 Å². The quantitative estimate of drug-likeness (QED) is 0.833. The maximum atomic E-state index is 11.7. The number of rotatable bonds is 5. The predicted octanol–water partition coefficient (Wildman–Crippen LogP) is 0.939. The van der Waals surface area contributed by atoms with E-state index in [0.717, 1.165) is 44.9 Å². The van der Waals surface area contributed by atoms with Crippen LogP contribution in [0.1, 0.15) is 6.42 Å². The fourth-order valence-corrected chi connectivity index (χ4v) is 2.69. The molecule has 1 saturated heterocycles. The second-order valence-electron chi connectivity index (χ2n) is 5.76. The minimum absolute atomic E-state index is 0.132. The van der Waals surface area contributed by atoms with Gasteiger partial charge in [-0.2, -0.15) is 0 Å². The van der Waals surface area contributed by atoms with Crippen molar-refractivity contribution in [1.82, 2.24) is 19.8 Å². The van der Waals surface area contributed by atoms with Crippen LogP contribution >= 0.6 is 0 Å². The van der Waals surface area contributed by atoms with Crippen molar-refractivity contribution in [3.63, 3.8) is 0 Å². The zero-order valence-electron chi connectivity index (χ0n) is 12.9. The first-order valence-electron chi connectivity index (χ1n) is 7.73. The van der Waals surface area contributed by atoms with Crippen molar-refractivity contribution in [1.29, 1.82) is 0 Å². The number of hydrogen-bond acceptors (Lipinski definition) is 5. The van der Waals surface area contributed by atoms with Crippen LogP contribution in [-0.4, -0.2) is 66.1 Å². The Morgan fingerprint density at radius 1 is 1.27 bits per heavy atom. The molecule has 0 atom stereocenters. The summed E-state index contributed by atoms with van der Waals surface area (Å²) in [5.74, 6) is 0.726. The van der Waals surface area contributed by atoms with E-state index in [9.17, 15) is 4.79 Å². The van der Waals surface area contributed by atoms with E-state index < -0.39 is 0 Å². The van der Waals surface area contributed by atoms with E-state index in [-0.39, 0.29) is 5.56 Å². The number of nitrogens with zero attached hydrogens (tertiary/aromatic N) is 3. The first-order valence-corrected chi connectivity index (χ1v) is 7.73. The molecule has 0 aliphatic carbocycles. The van der Waals surface area contributed by atoms with Crippen LogP contribution in [0.25, 0.3) is 10.9 Å². The summed E-state index contributed by atoms with van der Waals surface area (Å²) >= 11 is 0. The number of H-pyrrole nitrogens is 1. The Balaban J connectivity index is 1.49. The maximum absolute atomic E-state index is 11.7. The lowest BCUT2D eigenvalue weighted by atomic mass is 10.2. The molecule has 22 heavy (non-hydrogen) atoms. The van der Waals surface area contributed by atoms with Crippen LogP contribution in [0.4, 0.5) is 0 Å². The minimum Gasteiger partial charge on any atom is -0.494 e. The van der Waals surface area contributed by atoms with Gasteiger partial charge in [-0.3, -0.25) is 4.79 Å². The number of fused-ring (bicyclic) bond motifs is 1. The third kappa shape index (κ3) is 3.64. The van der Waals surface area contributed by atoms with Gasteiger partial charge in [-0.1, -0.05) is 0 Å². The van der Waals surface area contributed by atoms with Crippen LogP contribution < -0.4 is 10.3 Å². The Labute approximate surface area is 129 Å². The van der Waals surface area contributed by atoms with Crippen molar-refractivity contribution in [2.45, 2.75) is 6.42 Å². The highest BCUT2D eigenvalue weighted by atomic mass is 16.5. The summed E-state index contributed by atoms with van der Waals surface area (Å²) in [7, 11) is 2.16.